The van der Waals surface area contributed by atoms with Crippen molar-refractivity contribution in [1.29, 1.82) is 0 Å². The van der Waals surface area contributed by atoms with Crippen LogP contribution in [0.5, 0.6) is 0 Å². The maximum absolute atomic E-state index is 12.4. The third-order valence-electron chi connectivity index (χ3n) is 3.85. The van der Waals surface area contributed by atoms with Crippen molar-refractivity contribution in [2.75, 3.05) is 5.32 Å². The molecule has 24 heavy (non-hydrogen) atoms. The van der Waals surface area contributed by atoms with Crippen molar-refractivity contribution in [3.05, 3.63) is 72.1 Å². The first-order chi connectivity index (χ1) is 11.8. The van der Waals surface area contributed by atoms with Gasteiger partial charge in [-0.1, -0.05) is 47.3 Å². The van der Waals surface area contributed by atoms with Crippen LogP contribution < -0.4 is 5.32 Å². The van der Waals surface area contributed by atoms with E-state index in [9.17, 15) is 4.79 Å². The molecule has 1 aromatic heterocycles. The number of amides is 1. The van der Waals surface area contributed by atoms with Crippen molar-refractivity contribution in [2.24, 2.45) is 0 Å². The van der Waals surface area contributed by atoms with Crippen molar-refractivity contribution >= 4 is 23.4 Å². The fourth-order valence-electron chi connectivity index (χ4n) is 2.42. The van der Waals surface area contributed by atoms with Gasteiger partial charge in [-0.3, -0.25) is 4.79 Å². The normalized spacial score (nSPS) is 13.7. The van der Waals surface area contributed by atoms with Gasteiger partial charge in [0, 0.05) is 21.8 Å². The van der Waals surface area contributed by atoms with Crippen LogP contribution in [0.3, 0.4) is 0 Å². The number of aromatic nitrogens is 1. The van der Waals surface area contributed by atoms with Gasteiger partial charge in [0.2, 0.25) is 0 Å². The van der Waals surface area contributed by atoms with Gasteiger partial charge in [0.1, 0.15) is 5.76 Å². The molecule has 120 valence electrons. The Morgan fingerprint density at radius 2 is 1.83 bits per heavy atom. The maximum atomic E-state index is 12.4. The third kappa shape index (κ3) is 3.36. The molecule has 2 aromatic carbocycles. The molecule has 5 heteroatoms. The summed E-state index contributed by atoms with van der Waals surface area (Å²) in [4.78, 5) is 14.5. The molecule has 1 fully saturated rings. The Labute approximate surface area is 144 Å². The van der Waals surface area contributed by atoms with E-state index in [0.717, 1.165) is 34.1 Å². The minimum Gasteiger partial charge on any atom is -0.360 e. The Morgan fingerprint density at radius 1 is 1.08 bits per heavy atom. The highest BCUT2D eigenvalue weighted by Gasteiger charge is 2.29. The van der Waals surface area contributed by atoms with Gasteiger partial charge in [0.25, 0.3) is 5.91 Å². The molecule has 4 rings (SSSR count). The summed E-state index contributed by atoms with van der Waals surface area (Å²) in [5, 5.41) is 6.83. The summed E-state index contributed by atoms with van der Waals surface area (Å²) in [5.74, 6) is 1.01. The average molecular weight is 336 g/mol. The molecule has 1 aliphatic carbocycles. The number of carbonyl (C=O) groups excluding carboxylic acids is 1. The molecule has 4 nitrogen and oxygen atoms in total. The van der Waals surface area contributed by atoms with E-state index in [0.29, 0.717) is 11.6 Å². The van der Waals surface area contributed by atoms with Crippen molar-refractivity contribution in [3.63, 3.8) is 0 Å². The van der Waals surface area contributed by atoms with E-state index in [1.54, 1.807) is 17.8 Å². The first-order valence-corrected chi connectivity index (χ1v) is 8.71. The summed E-state index contributed by atoms with van der Waals surface area (Å²) in [5.41, 5.74) is 1.10. The highest BCUT2D eigenvalue weighted by Crippen LogP contribution is 2.40. The van der Waals surface area contributed by atoms with E-state index < -0.39 is 0 Å². The van der Waals surface area contributed by atoms with Crippen LogP contribution >= 0.6 is 11.8 Å². The lowest BCUT2D eigenvalue weighted by Gasteiger charge is -2.09. The molecule has 0 aliphatic heterocycles. The molecule has 3 aromatic rings. The van der Waals surface area contributed by atoms with Gasteiger partial charge in [-0.2, -0.15) is 0 Å². The number of carbonyl (C=O) groups is 1. The molecule has 0 bridgehead atoms. The van der Waals surface area contributed by atoms with Crippen molar-refractivity contribution in [1.82, 2.24) is 5.16 Å². The molecule has 1 amide bonds. The van der Waals surface area contributed by atoms with Crippen molar-refractivity contribution < 1.29 is 9.32 Å². The molecule has 0 saturated heterocycles. The lowest BCUT2D eigenvalue weighted by atomic mass is 10.2. The summed E-state index contributed by atoms with van der Waals surface area (Å²) in [6, 6.07) is 19.6. The predicted molar refractivity (Wildman–Crippen MR) is 93.4 cm³/mol. The van der Waals surface area contributed by atoms with E-state index in [1.165, 1.54) is 0 Å². The number of hydrogen-bond donors (Lipinski definition) is 1. The Balaban J connectivity index is 1.52. The van der Waals surface area contributed by atoms with Crippen molar-refractivity contribution in [3.8, 4) is 0 Å². The van der Waals surface area contributed by atoms with E-state index in [-0.39, 0.29) is 5.91 Å². The highest BCUT2D eigenvalue weighted by atomic mass is 32.2. The molecular weight excluding hydrogens is 320 g/mol. The fourth-order valence-corrected chi connectivity index (χ4v) is 3.34. The molecule has 1 N–H and O–H groups in total. The molecule has 0 atom stereocenters. The van der Waals surface area contributed by atoms with Gasteiger partial charge in [0.05, 0.1) is 5.69 Å². The van der Waals surface area contributed by atoms with Crippen molar-refractivity contribution in [2.45, 2.75) is 28.6 Å². The number of para-hydroxylation sites is 1. The zero-order valence-corrected chi connectivity index (χ0v) is 13.8. The molecule has 0 radical (unpaired) electrons. The van der Waals surface area contributed by atoms with Gasteiger partial charge >= 0.3 is 0 Å². The number of anilines is 1. The van der Waals surface area contributed by atoms with Gasteiger partial charge < -0.3 is 9.84 Å². The Morgan fingerprint density at radius 3 is 2.62 bits per heavy atom. The monoisotopic (exact) mass is 336 g/mol. The maximum Gasteiger partial charge on any atom is 0.277 e. The zero-order chi connectivity index (χ0) is 16.4. The van der Waals surface area contributed by atoms with Crippen LogP contribution in [-0.4, -0.2) is 11.1 Å². The summed E-state index contributed by atoms with van der Waals surface area (Å²) in [6.07, 6.45) is 2.24. The Bertz CT molecular complexity index is 857. The second kappa shape index (κ2) is 6.53. The van der Waals surface area contributed by atoms with Crippen LogP contribution in [0.15, 0.2) is 75.0 Å². The molecule has 0 unspecified atom stereocenters. The number of hydrogen-bond acceptors (Lipinski definition) is 4. The topological polar surface area (TPSA) is 55.1 Å². The molecule has 1 aliphatic rings. The van der Waals surface area contributed by atoms with E-state index >= 15 is 0 Å². The summed E-state index contributed by atoms with van der Waals surface area (Å²) < 4.78 is 5.26. The van der Waals surface area contributed by atoms with Crippen LogP contribution in [0.2, 0.25) is 0 Å². The Hall–Kier alpha value is -2.53. The first-order valence-electron chi connectivity index (χ1n) is 7.89. The minimum absolute atomic E-state index is 0.244. The highest BCUT2D eigenvalue weighted by molar-refractivity contribution is 7.99. The van der Waals surface area contributed by atoms with Crippen LogP contribution in [-0.2, 0) is 0 Å². The third-order valence-corrected chi connectivity index (χ3v) is 4.93. The first kappa shape index (κ1) is 15.0. The van der Waals surface area contributed by atoms with E-state index in [1.807, 2.05) is 54.6 Å². The minimum atomic E-state index is -0.244. The summed E-state index contributed by atoms with van der Waals surface area (Å²) in [6.45, 7) is 0. The van der Waals surface area contributed by atoms with Gasteiger partial charge in [-0.25, -0.2) is 0 Å². The number of benzene rings is 2. The van der Waals surface area contributed by atoms with Gasteiger partial charge in [-0.15, -0.1) is 0 Å². The number of nitrogens with zero attached hydrogens (tertiary/aromatic N) is 1. The molecule has 1 saturated carbocycles. The summed E-state index contributed by atoms with van der Waals surface area (Å²) in [7, 11) is 0. The van der Waals surface area contributed by atoms with Crippen LogP contribution in [0.1, 0.15) is 35.0 Å². The van der Waals surface area contributed by atoms with Gasteiger partial charge in [-0.05, 0) is 37.1 Å². The average Bonchev–Trinajstić information content (AvgIpc) is 3.34. The zero-order valence-electron chi connectivity index (χ0n) is 12.9. The predicted octanol–water partition coefficient (Wildman–Crippen LogP) is 4.96. The summed E-state index contributed by atoms with van der Waals surface area (Å²) >= 11 is 1.61. The molecule has 0 spiro atoms. The van der Waals surface area contributed by atoms with Gasteiger partial charge in [0.15, 0.2) is 5.69 Å². The smallest absolute Gasteiger partial charge is 0.277 e. The van der Waals surface area contributed by atoms with Crippen LogP contribution in [0.4, 0.5) is 5.69 Å². The fraction of sp³-hybridized carbons (Fsp3) is 0.158. The quantitative estimate of drug-likeness (QED) is 0.716. The largest absolute Gasteiger partial charge is 0.360 e. The van der Waals surface area contributed by atoms with Crippen LogP contribution in [0, 0.1) is 0 Å². The molecule has 1 heterocycles. The number of nitrogens with one attached hydrogen (secondary N) is 1. The SMILES string of the molecule is O=C(Nc1ccccc1Sc1ccccc1)c1cc(C2CC2)on1. The number of rotatable bonds is 5. The molecular formula is C19H16N2O2S. The lowest BCUT2D eigenvalue weighted by molar-refractivity contribution is 0.101. The Kier molecular flexibility index (Phi) is 4.09. The second-order valence-electron chi connectivity index (χ2n) is 5.75. The second-order valence-corrected chi connectivity index (χ2v) is 6.87. The lowest BCUT2D eigenvalue weighted by Crippen LogP contribution is -2.12. The standard InChI is InChI=1S/C19H16N2O2S/c22-19(16-12-17(23-21-16)13-10-11-13)20-15-8-4-5-9-18(15)24-14-6-2-1-3-7-14/h1-9,12-13H,10-11H2,(H,20,22). The van der Waals surface area contributed by atoms with Crippen LogP contribution in [0.25, 0.3) is 0 Å². The van der Waals surface area contributed by atoms with E-state index in [4.69, 9.17) is 4.52 Å². The van der Waals surface area contributed by atoms with E-state index in [2.05, 4.69) is 10.5 Å².